The second-order valence-electron chi connectivity index (χ2n) is 9.57. The fourth-order valence-corrected chi connectivity index (χ4v) is 5.64. The van der Waals surface area contributed by atoms with E-state index in [1.54, 1.807) is 4.90 Å². The van der Waals surface area contributed by atoms with Crippen LogP contribution in [0.5, 0.6) is 0 Å². The van der Waals surface area contributed by atoms with Crippen LogP contribution in [0.2, 0.25) is 0 Å². The van der Waals surface area contributed by atoms with Crippen molar-refractivity contribution in [3.05, 3.63) is 0 Å². The maximum atomic E-state index is 13.5. The van der Waals surface area contributed by atoms with Gasteiger partial charge in [0.2, 0.25) is 5.91 Å². The molecule has 2 atom stereocenters. The first-order valence-corrected chi connectivity index (χ1v) is 15.6. The Balaban J connectivity index is 5.21. The minimum Gasteiger partial charge on any atom is -0.366 e. The van der Waals surface area contributed by atoms with Crippen LogP contribution in [-0.2, 0) is 13.9 Å². The van der Waals surface area contributed by atoms with Gasteiger partial charge in [0.15, 0.2) is 6.29 Å². The van der Waals surface area contributed by atoms with Gasteiger partial charge >= 0.3 is 7.60 Å². The number of nitrogens with zero attached hydrogens (tertiary/aromatic N) is 1. The molecule has 1 amide bonds. The van der Waals surface area contributed by atoms with Crippen LogP contribution >= 0.6 is 7.60 Å². The molecular formula is C26H54NO6P. The Bertz CT molecular complexity index is 515. The molecule has 0 fully saturated rings. The highest BCUT2D eigenvalue weighted by atomic mass is 31.2. The average molecular weight is 508 g/mol. The lowest BCUT2D eigenvalue weighted by Gasteiger charge is -2.30. The second-order valence-corrected chi connectivity index (χ2v) is 11.6. The van der Waals surface area contributed by atoms with Crippen LogP contribution in [0.1, 0.15) is 130 Å². The standard InChI is InChI=1S/C26H54NO6P/c1-4-7-10-13-15-18-21-27(22-19-16-14-11-8-5-2)26(30)24(20-17-12-9-6-3)34(31,32)33-23-25(28)29/h24-25,28-29H,4-23H2,1-3H3,(H,31,32). The number of aliphatic hydroxyl groups excluding tert-OH is 1. The molecule has 8 heteroatoms. The third kappa shape index (κ3) is 17.0. The van der Waals surface area contributed by atoms with E-state index < -0.39 is 26.2 Å². The molecule has 0 heterocycles. The van der Waals surface area contributed by atoms with E-state index in [9.17, 15) is 14.3 Å². The normalized spacial score (nSPS) is 14.3. The average Bonchev–Trinajstić information content (AvgIpc) is 2.80. The van der Waals surface area contributed by atoms with Crippen LogP contribution < -0.4 is 0 Å². The molecule has 3 N–H and O–H groups in total. The topological polar surface area (TPSA) is 107 Å². The molecule has 0 aromatic heterocycles. The lowest BCUT2D eigenvalue weighted by atomic mass is 10.1. The third-order valence-electron chi connectivity index (χ3n) is 6.29. The van der Waals surface area contributed by atoms with Crippen LogP contribution in [0.25, 0.3) is 0 Å². The van der Waals surface area contributed by atoms with Gasteiger partial charge in [-0.1, -0.05) is 111 Å². The van der Waals surface area contributed by atoms with Gasteiger partial charge in [-0.05, 0) is 19.3 Å². The minimum atomic E-state index is -4.33. The SMILES string of the molecule is CCCCCCCCN(CCCCCCCC)C(=O)C(CCCCCC)P(=O)(O)OCC(O)O. The molecule has 0 radical (unpaired) electrons. The fraction of sp³-hybridized carbons (Fsp3) is 0.962. The zero-order valence-electron chi connectivity index (χ0n) is 22.3. The number of amides is 1. The number of unbranched alkanes of at least 4 members (excludes halogenated alkanes) is 13. The van der Waals surface area contributed by atoms with Gasteiger partial charge in [-0.25, -0.2) is 0 Å². The van der Waals surface area contributed by atoms with Crippen molar-refractivity contribution in [3.63, 3.8) is 0 Å². The molecule has 0 aliphatic heterocycles. The van der Waals surface area contributed by atoms with E-state index in [2.05, 4.69) is 20.8 Å². The quantitative estimate of drug-likeness (QED) is 0.0794. The van der Waals surface area contributed by atoms with Gasteiger partial charge in [0.25, 0.3) is 0 Å². The highest BCUT2D eigenvalue weighted by Crippen LogP contribution is 2.50. The molecule has 0 spiro atoms. The Morgan fingerprint density at radius 3 is 1.59 bits per heavy atom. The Morgan fingerprint density at radius 1 is 0.735 bits per heavy atom. The van der Waals surface area contributed by atoms with Gasteiger partial charge in [0, 0.05) is 13.1 Å². The molecule has 34 heavy (non-hydrogen) atoms. The van der Waals surface area contributed by atoms with Crippen molar-refractivity contribution in [2.24, 2.45) is 0 Å². The first kappa shape index (κ1) is 33.5. The molecule has 0 rings (SSSR count). The molecule has 0 aromatic rings. The molecule has 2 unspecified atom stereocenters. The number of hydrogen-bond donors (Lipinski definition) is 3. The van der Waals surface area contributed by atoms with Crippen molar-refractivity contribution >= 4 is 13.5 Å². The molecule has 0 saturated heterocycles. The monoisotopic (exact) mass is 507 g/mol. The van der Waals surface area contributed by atoms with Crippen molar-refractivity contribution < 1.29 is 29.0 Å². The fourth-order valence-electron chi connectivity index (χ4n) is 4.16. The summed E-state index contributed by atoms with van der Waals surface area (Å²) in [5.74, 6) is -0.322. The van der Waals surface area contributed by atoms with E-state index in [0.717, 1.165) is 57.8 Å². The second kappa shape index (κ2) is 21.8. The molecule has 7 nitrogen and oxygen atoms in total. The highest BCUT2D eigenvalue weighted by molar-refractivity contribution is 7.54. The number of rotatable bonds is 24. The van der Waals surface area contributed by atoms with Crippen LogP contribution in [0.15, 0.2) is 0 Å². The maximum Gasteiger partial charge on any atom is 0.340 e. The molecule has 0 saturated carbocycles. The summed E-state index contributed by atoms with van der Waals surface area (Å²) in [6.07, 6.45) is 15.4. The summed E-state index contributed by atoms with van der Waals surface area (Å²) in [5.41, 5.74) is -1.15. The highest BCUT2D eigenvalue weighted by Gasteiger charge is 2.40. The first-order valence-electron chi connectivity index (χ1n) is 13.9. The van der Waals surface area contributed by atoms with E-state index in [1.807, 2.05) is 0 Å². The summed E-state index contributed by atoms with van der Waals surface area (Å²) in [5, 5.41) is 18.2. The largest absolute Gasteiger partial charge is 0.366 e. The van der Waals surface area contributed by atoms with Crippen molar-refractivity contribution in [2.75, 3.05) is 19.7 Å². The van der Waals surface area contributed by atoms with E-state index in [-0.39, 0.29) is 12.3 Å². The van der Waals surface area contributed by atoms with Crippen LogP contribution in [0.3, 0.4) is 0 Å². The van der Waals surface area contributed by atoms with E-state index in [1.165, 1.54) is 38.5 Å². The first-order chi connectivity index (χ1) is 16.3. The maximum absolute atomic E-state index is 13.5. The molecule has 204 valence electrons. The van der Waals surface area contributed by atoms with Gasteiger partial charge in [0.1, 0.15) is 12.3 Å². The Kier molecular flexibility index (Phi) is 21.5. The van der Waals surface area contributed by atoms with Crippen molar-refractivity contribution in [2.45, 2.75) is 142 Å². The lowest BCUT2D eigenvalue weighted by molar-refractivity contribution is -0.131. The van der Waals surface area contributed by atoms with E-state index in [4.69, 9.17) is 14.7 Å². The number of carbonyl (C=O) groups excluding carboxylic acids is 1. The predicted molar refractivity (Wildman–Crippen MR) is 140 cm³/mol. The van der Waals surface area contributed by atoms with Gasteiger partial charge in [0.05, 0.1) is 0 Å². The third-order valence-corrected chi connectivity index (χ3v) is 8.08. The van der Waals surface area contributed by atoms with Gasteiger partial charge in [-0.3, -0.25) is 9.36 Å². The summed E-state index contributed by atoms with van der Waals surface area (Å²) >= 11 is 0. The number of carbonyl (C=O) groups is 1. The summed E-state index contributed by atoms with van der Waals surface area (Å²) in [6, 6.07) is 0. The summed E-state index contributed by atoms with van der Waals surface area (Å²) in [4.78, 5) is 25.9. The van der Waals surface area contributed by atoms with E-state index >= 15 is 0 Å². The number of hydrogen-bond acceptors (Lipinski definition) is 5. The van der Waals surface area contributed by atoms with Crippen LogP contribution in [-0.4, -0.2) is 57.6 Å². The van der Waals surface area contributed by atoms with Gasteiger partial charge < -0.3 is 24.5 Å². The molecule has 0 aromatic carbocycles. The summed E-state index contributed by atoms with van der Waals surface area (Å²) in [6.45, 7) is 6.97. The predicted octanol–water partition coefficient (Wildman–Crippen LogP) is 6.39. The Morgan fingerprint density at radius 2 is 1.15 bits per heavy atom. The number of aliphatic hydroxyl groups is 2. The van der Waals surface area contributed by atoms with Crippen LogP contribution in [0, 0.1) is 0 Å². The van der Waals surface area contributed by atoms with Crippen molar-refractivity contribution in [1.29, 1.82) is 0 Å². The molecule has 0 bridgehead atoms. The zero-order chi connectivity index (χ0) is 25.7. The molecular weight excluding hydrogens is 453 g/mol. The smallest absolute Gasteiger partial charge is 0.340 e. The van der Waals surface area contributed by atoms with Crippen molar-refractivity contribution in [1.82, 2.24) is 4.90 Å². The summed E-state index contributed by atoms with van der Waals surface area (Å²) in [7, 11) is -4.33. The van der Waals surface area contributed by atoms with Gasteiger partial charge in [-0.15, -0.1) is 0 Å². The van der Waals surface area contributed by atoms with Crippen molar-refractivity contribution in [3.8, 4) is 0 Å². The lowest BCUT2D eigenvalue weighted by Crippen LogP contribution is -2.41. The molecule has 0 aliphatic rings. The Hall–Kier alpha value is -0.460. The summed E-state index contributed by atoms with van der Waals surface area (Å²) < 4.78 is 18.0. The zero-order valence-corrected chi connectivity index (χ0v) is 23.2. The minimum absolute atomic E-state index is 0.275. The van der Waals surface area contributed by atoms with E-state index in [0.29, 0.717) is 19.5 Å². The van der Waals surface area contributed by atoms with Gasteiger partial charge in [-0.2, -0.15) is 0 Å². The Labute approximate surface area is 209 Å². The molecule has 0 aliphatic carbocycles. The van der Waals surface area contributed by atoms with Crippen LogP contribution in [0.4, 0.5) is 0 Å².